The first-order valence-electron chi connectivity index (χ1n) is 11.8. The third-order valence-electron chi connectivity index (χ3n) is 5.10. The zero-order valence-corrected chi connectivity index (χ0v) is 18.8. The quantitative estimate of drug-likeness (QED) is 0.103. The van der Waals surface area contributed by atoms with Gasteiger partial charge in [0.1, 0.15) is 5.76 Å². The lowest BCUT2D eigenvalue weighted by Gasteiger charge is -2.12. The van der Waals surface area contributed by atoms with Crippen molar-refractivity contribution in [3.63, 3.8) is 0 Å². The van der Waals surface area contributed by atoms with E-state index in [1.54, 1.807) is 0 Å². The fourth-order valence-corrected chi connectivity index (χ4v) is 3.37. The highest BCUT2D eigenvalue weighted by atomic mass is 16.5. The fourth-order valence-electron chi connectivity index (χ4n) is 3.37. The van der Waals surface area contributed by atoms with Crippen LogP contribution in [0.4, 0.5) is 0 Å². The predicted molar refractivity (Wildman–Crippen MR) is 118 cm³/mol. The Morgan fingerprint density at radius 2 is 1.28 bits per heavy atom. The van der Waals surface area contributed by atoms with Crippen LogP contribution < -0.4 is 0 Å². The van der Waals surface area contributed by atoms with Crippen molar-refractivity contribution in [1.29, 1.82) is 0 Å². The zero-order valence-electron chi connectivity index (χ0n) is 18.8. The Bertz CT molecular complexity index is 445. The summed E-state index contributed by atoms with van der Waals surface area (Å²) in [5.41, 5.74) is 0. The van der Waals surface area contributed by atoms with Crippen LogP contribution in [0.25, 0.3) is 0 Å². The average molecular weight is 413 g/mol. The van der Waals surface area contributed by atoms with E-state index in [2.05, 4.69) is 13.8 Å². The number of carbonyl (C=O) groups is 2. The van der Waals surface area contributed by atoms with Crippen molar-refractivity contribution in [3.8, 4) is 0 Å². The molecule has 0 heterocycles. The molecule has 5 nitrogen and oxygen atoms in total. The number of allylic oxidation sites excluding steroid dienone is 1. The summed E-state index contributed by atoms with van der Waals surface area (Å²) in [7, 11) is 0. The van der Waals surface area contributed by atoms with E-state index in [-0.39, 0.29) is 12.2 Å². The van der Waals surface area contributed by atoms with Gasteiger partial charge in [0, 0.05) is 6.42 Å². The number of hydrogen-bond acceptors (Lipinski definition) is 4. The minimum Gasteiger partial charge on any atom is -0.478 e. The number of aliphatic hydroxyl groups excluding tert-OH is 1. The van der Waals surface area contributed by atoms with Gasteiger partial charge < -0.3 is 14.9 Å². The highest BCUT2D eigenvalue weighted by Crippen LogP contribution is 2.16. The highest BCUT2D eigenvalue weighted by molar-refractivity contribution is 5.81. The van der Waals surface area contributed by atoms with E-state index >= 15 is 0 Å². The molecule has 0 amide bonds. The van der Waals surface area contributed by atoms with E-state index in [4.69, 9.17) is 9.84 Å². The SMILES string of the molecule is CCCCCCCCCCCCCC(=CC(=O)O)OC(=O)CC(O)CCCCC. The normalized spacial score (nSPS) is 12.7. The van der Waals surface area contributed by atoms with Crippen LogP contribution in [-0.4, -0.2) is 28.3 Å². The molecule has 1 unspecified atom stereocenters. The summed E-state index contributed by atoms with van der Waals surface area (Å²) in [5.74, 6) is -1.47. The van der Waals surface area contributed by atoms with Crippen molar-refractivity contribution < 1.29 is 24.5 Å². The molecule has 0 fully saturated rings. The molecule has 0 aliphatic rings. The summed E-state index contributed by atoms with van der Waals surface area (Å²) in [6.45, 7) is 4.31. The molecule has 0 saturated heterocycles. The summed E-state index contributed by atoms with van der Waals surface area (Å²) in [6.07, 6.45) is 17.5. The predicted octanol–water partition coefficient (Wildman–Crippen LogP) is 6.53. The molecule has 29 heavy (non-hydrogen) atoms. The highest BCUT2D eigenvalue weighted by Gasteiger charge is 2.14. The van der Waals surface area contributed by atoms with E-state index in [0.29, 0.717) is 12.8 Å². The van der Waals surface area contributed by atoms with Crippen LogP contribution in [-0.2, 0) is 14.3 Å². The number of hydrogen-bond donors (Lipinski definition) is 2. The number of rotatable bonds is 20. The van der Waals surface area contributed by atoms with E-state index < -0.39 is 18.0 Å². The zero-order chi connectivity index (χ0) is 21.7. The topological polar surface area (TPSA) is 83.8 Å². The van der Waals surface area contributed by atoms with Gasteiger partial charge in [-0.2, -0.15) is 0 Å². The molecule has 170 valence electrons. The number of aliphatic carboxylic acids is 1. The lowest BCUT2D eigenvalue weighted by atomic mass is 10.0. The summed E-state index contributed by atoms with van der Waals surface area (Å²) in [5, 5.41) is 18.9. The van der Waals surface area contributed by atoms with Crippen molar-refractivity contribution in [2.45, 2.75) is 129 Å². The second kappa shape index (κ2) is 19.9. The van der Waals surface area contributed by atoms with Crippen LogP contribution in [0.15, 0.2) is 11.8 Å². The Kier molecular flexibility index (Phi) is 19.0. The Morgan fingerprint density at radius 3 is 1.79 bits per heavy atom. The van der Waals surface area contributed by atoms with Gasteiger partial charge >= 0.3 is 11.9 Å². The average Bonchev–Trinajstić information content (AvgIpc) is 2.65. The van der Waals surface area contributed by atoms with Gasteiger partial charge in [-0.3, -0.25) is 4.79 Å². The minimum atomic E-state index is -1.11. The molecule has 0 aromatic rings. The van der Waals surface area contributed by atoms with Crippen LogP contribution in [0.5, 0.6) is 0 Å². The van der Waals surface area contributed by atoms with E-state index in [1.807, 2.05) is 0 Å². The standard InChI is InChI=1S/C24H44O5/c1-3-5-7-8-9-10-11-12-13-14-16-18-22(20-23(26)27)29-24(28)19-21(25)17-15-6-4-2/h20-21,25H,3-19H2,1-2H3,(H,26,27). The summed E-state index contributed by atoms with van der Waals surface area (Å²) >= 11 is 0. The Hall–Kier alpha value is -1.36. The van der Waals surface area contributed by atoms with Crippen molar-refractivity contribution in [1.82, 2.24) is 0 Å². The minimum absolute atomic E-state index is 0.0844. The molecule has 0 radical (unpaired) electrons. The molecule has 0 aromatic heterocycles. The number of esters is 1. The maximum Gasteiger partial charge on any atom is 0.331 e. The van der Waals surface area contributed by atoms with Gasteiger partial charge in [-0.05, 0) is 12.8 Å². The Labute approximate surface area is 177 Å². The van der Waals surface area contributed by atoms with Gasteiger partial charge in [0.2, 0.25) is 0 Å². The van der Waals surface area contributed by atoms with E-state index in [1.165, 1.54) is 51.4 Å². The number of carboxylic acids is 1. The second-order valence-electron chi connectivity index (χ2n) is 8.06. The first-order chi connectivity index (χ1) is 14.0. The molecule has 1 atom stereocenters. The summed E-state index contributed by atoms with van der Waals surface area (Å²) < 4.78 is 5.21. The van der Waals surface area contributed by atoms with Crippen molar-refractivity contribution >= 4 is 11.9 Å². The van der Waals surface area contributed by atoms with Gasteiger partial charge in [-0.15, -0.1) is 0 Å². The number of aliphatic hydroxyl groups is 1. The van der Waals surface area contributed by atoms with Crippen LogP contribution >= 0.6 is 0 Å². The van der Waals surface area contributed by atoms with E-state index in [0.717, 1.165) is 44.6 Å². The number of unbranched alkanes of at least 4 members (excludes halogenated alkanes) is 12. The van der Waals surface area contributed by atoms with Crippen molar-refractivity contribution in [3.05, 3.63) is 11.8 Å². The molecular weight excluding hydrogens is 368 g/mol. The molecule has 5 heteroatoms. The fraction of sp³-hybridized carbons (Fsp3) is 0.833. The van der Waals surface area contributed by atoms with Crippen molar-refractivity contribution in [2.24, 2.45) is 0 Å². The molecule has 0 rings (SSSR count). The molecule has 0 aliphatic heterocycles. The monoisotopic (exact) mass is 412 g/mol. The third-order valence-corrected chi connectivity index (χ3v) is 5.10. The van der Waals surface area contributed by atoms with Gasteiger partial charge in [0.15, 0.2) is 0 Å². The maximum absolute atomic E-state index is 12.0. The second-order valence-corrected chi connectivity index (χ2v) is 8.06. The molecule has 2 N–H and O–H groups in total. The molecule has 0 spiro atoms. The molecule has 0 aliphatic carbocycles. The number of ether oxygens (including phenoxy) is 1. The Balaban J connectivity index is 3.95. The van der Waals surface area contributed by atoms with Crippen LogP contribution in [0.3, 0.4) is 0 Å². The largest absolute Gasteiger partial charge is 0.478 e. The number of carboxylic acid groups (broad SMARTS) is 1. The first-order valence-corrected chi connectivity index (χ1v) is 11.8. The smallest absolute Gasteiger partial charge is 0.331 e. The van der Waals surface area contributed by atoms with Gasteiger partial charge in [-0.1, -0.05) is 97.3 Å². The lowest BCUT2D eigenvalue weighted by Crippen LogP contribution is -2.16. The molecule has 0 bridgehead atoms. The van der Waals surface area contributed by atoms with Crippen LogP contribution in [0, 0.1) is 0 Å². The van der Waals surface area contributed by atoms with Crippen LogP contribution in [0.2, 0.25) is 0 Å². The van der Waals surface area contributed by atoms with Gasteiger partial charge in [-0.25, -0.2) is 4.79 Å². The molecule has 0 aromatic carbocycles. The third kappa shape index (κ3) is 19.7. The molecule has 0 saturated carbocycles. The van der Waals surface area contributed by atoms with Crippen molar-refractivity contribution in [2.75, 3.05) is 0 Å². The lowest BCUT2D eigenvalue weighted by molar-refractivity contribution is -0.142. The maximum atomic E-state index is 12.0. The van der Waals surface area contributed by atoms with Gasteiger partial charge in [0.25, 0.3) is 0 Å². The van der Waals surface area contributed by atoms with Gasteiger partial charge in [0.05, 0.1) is 18.6 Å². The Morgan fingerprint density at radius 1 is 0.793 bits per heavy atom. The number of carbonyl (C=O) groups excluding carboxylic acids is 1. The molecular formula is C24H44O5. The summed E-state index contributed by atoms with van der Waals surface area (Å²) in [6, 6.07) is 0. The van der Waals surface area contributed by atoms with E-state index in [9.17, 15) is 14.7 Å². The van der Waals surface area contributed by atoms with Crippen LogP contribution in [0.1, 0.15) is 123 Å². The first kappa shape index (κ1) is 27.6. The summed E-state index contributed by atoms with van der Waals surface area (Å²) in [4.78, 5) is 22.9.